The van der Waals surface area contributed by atoms with Crippen LogP contribution in [0.1, 0.15) is 4.88 Å². The Kier molecular flexibility index (Phi) is 4.38. The standard InChI is InChI=1S/C17H18N2O2S/c1-19(8-9-20)11-15-16(18-17(21)22-15)14-7-6-12-4-2-3-5-13(12)10-14/h2-7,10,20H,8-9,11H2,1H3,(H,18,21). The lowest BCUT2D eigenvalue weighted by atomic mass is 10.0. The molecule has 0 bridgehead atoms. The molecule has 5 heteroatoms. The van der Waals surface area contributed by atoms with Crippen molar-refractivity contribution in [3.63, 3.8) is 0 Å². The van der Waals surface area contributed by atoms with Crippen LogP contribution in [0.2, 0.25) is 0 Å². The van der Waals surface area contributed by atoms with Crippen molar-refractivity contribution < 1.29 is 5.11 Å². The van der Waals surface area contributed by atoms with Crippen LogP contribution in [0.4, 0.5) is 0 Å². The maximum absolute atomic E-state index is 11.8. The van der Waals surface area contributed by atoms with Crippen molar-refractivity contribution in [1.82, 2.24) is 9.88 Å². The summed E-state index contributed by atoms with van der Waals surface area (Å²) in [6.45, 7) is 1.34. The van der Waals surface area contributed by atoms with E-state index in [4.69, 9.17) is 5.11 Å². The number of benzene rings is 2. The van der Waals surface area contributed by atoms with Gasteiger partial charge in [-0.15, -0.1) is 0 Å². The van der Waals surface area contributed by atoms with Gasteiger partial charge in [-0.3, -0.25) is 9.69 Å². The van der Waals surface area contributed by atoms with Crippen LogP contribution in [0.25, 0.3) is 22.0 Å². The minimum Gasteiger partial charge on any atom is -0.395 e. The molecule has 0 amide bonds. The molecule has 1 heterocycles. The molecule has 0 saturated heterocycles. The molecule has 0 spiro atoms. The summed E-state index contributed by atoms with van der Waals surface area (Å²) in [7, 11) is 1.94. The fraction of sp³-hybridized carbons (Fsp3) is 0.235. The molecular weight excluding hydrogens is 296 g/mol. The number of aromatic nitrogens is 1. The van der Waals surface area contributed by atoms with Crippen molar-refractivity contribution in [1.29, 1.82) is 0 Å². The Hall–Kier alpha value is -1.95. The van der Waals surface area contributed by atoms with Gasteiger partial charge in [0.15, 0.2) is 0 Å². The quantitative estimate of drug-likeness (QED) is 0.761. The summed E-state index contributed by atoms with van der Waals surface area (Å²) in [6.07, 6.45) is 0. The fourth-order valence-corrected chi connectivity index (χ4v) is 3.48. The molecule has 0 saturated carbocycles. The van der Waals surface area contributed by atoms with E-state index in [-0.39, 0.29) is 11.5 Å². The van der Waals surface area contributed by atoms with Crippen LogP contribution in [0.5, 0.6) is 0 Å². The van der Waals surface area contributed by atoms with E-state index in [1.54, 1.807) is 0 Å². The second-order valence-corrected chi connectivity index (χ2v) is 6.40. The predicted molar refractivity (Wildman–Crippen MR) is 91.3 cm³/mol. The number of thiazole rings is 1. The molecule has 3 rings (SSSR count). The lowest BCUT2D eigenvalue weighted by molar-refractivity contribution is 0.218. The molecule has 0 aliphatic carbocycles. The Morgan fingerprint density at radius 1 is 1.18 bits per heavy atom. The third kappa shape index (κ3) is 3.11. The molecule has 2 aromatic carbocycles. The van der Waals surface area contributed by atoms with Crippen molar-refractivity contribution >= 4 is 22.1 Å². The number of H-pyrrole nitrogens is 1. The molecule has 0 radical (unpaired) electrons. The summed E-state index contributed by atoms with van der Waals surface area (Å²) in [4.78, 5) is 17.7. The number of nitrogens with one attached hydrogen (secondary N) is 1. The van der Waals surface area contributed by atoms with E-state index < -0.39 is 0 Å². The number of hydrogen-bond acceptors (Lipinski definition) is 4. The molecule has 0 unspecified atom stereocenters. The molecule has 114 valence electrons. The second-order valence-electron chi connectivity index (χ2n) is 5.34. The zero-order chi connectivity index (χ0) is 15.5. The summed E-state index contributed by atoms with van der Waals surface area (Å²) in [6, 6.07) is 14.4. The molecule has 0 atom stereocenters. The smallest absolute Gasteiger partial charge is 0.305 e. The van der Waals surface area contributed by atoms with Gasteiger partial charge in [0.1, 0.15) is 0 Å². The fourth-order valence-electron chi connectivity index (χ4n) is 2.54. The summed E-state index contributed by atoms with van der Waals surface area (Å²) < 4.78 is 0. The van der Waals surface area contributed by atoms with E-state index in [2.05, 4.69) is 29.2 Å². The minimum atomic E-state index is -0.0458. The average molecular weight is 314 g/mol. The Labute approximate surface area is 132 Å². The highest BCUT2D eigenvalue weighted by Gasteiger charge is 2.12. The number of nitrogens with zero attached hydrogens (tertiary/aromatic N) is 1. The van der Waals surface area contributed by atoms with Crippen molar-refractivity contribution in [2.45, 2.75) is 6.54 Å². The van der Waals surface area contributed by atoms with Crippen molar-refractivity contribution in [3.8, 4) is 11.3 Å². The molecule has 0 aliphatic heterocycles. The first-order valence-corrected chi connectivity index (χ1v) is 7.99. The molecule has 2 N–H and O–H groups in total. The van der Waals surface area contributed by atoms with Crippen LogP contribution in [0.15, 0.2) is 47.3 Å². The third-order valence-electron chi connectivity index (χ3n) is 3.66. The highest BCUT2D eigenvalue weighted by Crippen LogP contribution is 2.27. The van der Waals surface area contributed by atoms with Gasteiger partial charge in [0.25, 0.3) is 0 Å². The van der Waals surface area contributed by atoms with Crippen LogP contribution in [0.3, 0.4) is 0 Å². The van der Waals surface area contributed by atoms with Crippen LogP contribution < -0.4 is 4.87 Å². The monoisotopic (exact) mass is 314 g/mol. The zero-order valence-corrected chi connectivity index (χ0v) is 13.2. The number of likely N-dealkylation sites (N-methyl/N-ethyl adjacent to an activating group) is 1. The van der Waals surface area contributed by atoms with Crippen molar-refractivity contribution in [2.24, 2.45) is 0 Å². The number of aromatic amines is 1. The maximum atomic E-state index is 11.8. The summed E-state index contributed by atoms with van der Waals surface area (Å²) in [5.41, 5.74) is 1.90. The molecule has 4 nitrogen and oxygen atoms in total. The van der Waals surface area contributed by atoms with Gasteiger partial charge in [0.05, 0.1) is 12.3 Å². The first-order chi connectivity index (χ1) is 10.7. The molecule has 3 aromatic rings. The molecule has 0 aliphatic rings. The number of rotatable bonds is 5. The second kappa shape index (κ2) is 6.44. The largest absolute Gasteiger partial charge is 0.395 e. The Morgan fingerprint density at radius 2 is 1.95 bits per heavy atom. The van der Waals surface area contributed by atoms with E-state index in [0.717, 1.165) is 21.5 Å². The lowest BCUT2D eigenvalue weighted by Gasteiger charge is -2.14. The van der Waals surface area contributed by atoms with Crippen molar-refractivity contribution in [3.05, 3.63) is 57.0 Å². The van der Waals surface area contributed by atoms with Crippen molar-refractivity contribution in [2.75, 3.05) is 20.2 Å². The van der Waals surface area contributed by atoms with Crippen LogP contribution in [-0.2, 0) is 6.54 Å². The Bertz CT molecular complexity index is 838. The van der Waals surface area contributed by atoms with Gasteiger partial charge in [-0.05, 0) is 29.4 Å². The number of hydrogen-bond donors (Lipinski definition) is 2. The Balaban J connectivity index is 2.00. The van der Waals surface area contributed by atoms with Crippen LogP contribution >= 0.6 is 11.3 Å². The van der Waals surface area contributed by atoms with E-state index >= 15 is 0 Å². The van der Waals surface area contributed by atoms with Gasteiger partial charge in [-0.1, -0.05) is 47.7 Å². The average Bonchev–Trinajstić information content (AvgIpc) is 2.87. The van der Waals surface area contributed by atoms with Gasteiger partial charge < -0.3 is 10.1 Å². The SMILES string of the molecule is CN(CCO)Cc1sc(=O)[nH]c1-c1ccc2ccccc2c1. The van der Waals surface area contributed by atoms with E-state index in [9.17, 15) is 4.79 Å². The van der Waals surface area contributed by atoms with E-state index in [1.165, 1.54) is 16.7 Å². The van der Waals surface area contributed by atoms with Crippen LogP contribution in [0, 0.1) is 0 Å². The van der Waals surface area contributed by atoms with Crippen LogP contribution in [-0.4, -0.2) is 35.2 Å². The Morgan fingerprint density at radius 3 is 2.73 bits per heavy atom. The zero-order valence-electron chi connectivity index (χ0n) is 12.4. The first kappa shape index (κ1) is 15.0. The van der Waals surface area contributed by atoms with Gasteiger partial charge >= 0.3 is 4.87 Å². The molecule has 22 heavy (non-hydrogen) atoms. The minimum absolute atomic E-state index is 0.0458. The normalized spacial score (nSPS) is 11.4. The first-order valence-electron chi connectivity index (χ1n) is 7.18. The molecule has 1 aromatic heterocycles. The third-order valence-corrected chi connectivity index (χ3v) is 4.52. The topological polar surface area (TPSA) is 56.3 Å². The van der Waals surface area contributed by atoms with Gasteiger partial charge in [0, 0.05) is 18.0 Å². The number of aliphatic hydroxyl groups excluding tert-OH is 1. The van der Waals surface area contributed by atoms with E-state index in [1.807, 2.05) is 30.1 Å². The summed E-state index contributed by atoms with van der Waals surface area (Å²) in [5, 5.41) is 11.4. The summed E-state index contributed by atoms with van der Waals surface area (Å²) >= 11 is 1.23. The maximum Gasteiger partial charge on any atom is 0.305 e. The number of fused-ring (bicyclic) bond motifs is 1. The van der Waals surface area contributed by atoms with E-state index in [0.29, 0.717) is 13.1 Å². The highest BCUT2D eigenvalue weighted by molar-refractivity contribution is 7.09. The van der Waals surface area contributed by atoms with Gasteiger partial charge in [0.2, 0.25) is 0 Å². The molecule has 0 fully saturated rings. The predicted octanol–water partition coefficient (Wildman–Crippen LogP) is 2.68. The lowest BCUT2D eigenvalue weighted by Crippen LogP contribution is -2.21. The van der Waals surface area contributed by atoms with Gasteiger partial charge in [-0.25, -0.2) is 0 Å². The number of aliphatic hydroxyl groups is 1. The summed E-state index contributed by atoms with van der Waals surface area (Å²) in [5.74, 6) is 0. The highest BCUT2D eigenvalue weighted by atomic mass is 32.1. The molecular formula is C17H18N2O2S. The van der Waals surface area contributed by atoms with Gasteiger partial charge in [-0.2, -0.15) is 0 Å².